The number of unbranched alkanes of at least 4 members (excludes halogenated alkanes) is 38. The lowest BCUT2D eigenvalue weighted by molar-refractivity contribution is -0.143. The van der Waals surface area contributed by atoms with Gasteiger partial charge in [0, 0.05) is 12.8 Å². The summed E-state index contributed by atoms with van der Waals surface area (Å²) in [5, 5.41) is 23.2. The van der Waals surface area contributed by atoms with E-state index in [1.54, 1.807) is 0 Å². The van der Waals surface area contributed by atoms with E-state index in [1.165, 1.54) is 218 Å². The Morgan fingerprint density at radius 2 is 0.734 bits per heavy atom. The summed E-state index contributed by atoms with van der Waals surface area (Å²) in [6.07, 6.45) is 64.5. The minimum Gasteiger partial charge on any atom is -0.466 e. The first-order valence-corrected chi connectivity index (χ1v) is 28.6. The number of aliphatic hydroxyl groups excluding tert-OH is 2. The Morgan fingerprint density at radius 3 is 1.11 bits per heavy atom. The van der Waals surface area contributed by atoms with Crippen LogP contribution in [0, 0.1) is 0 Å². The van der Waals surface area contributed by atoms with Crippen molar-refractivity contribution in [3.63, 3.8) is 0 Å². The average molecular weight is 903 g/mol. The standard InChI is InChI=1S/C58H111NO5/c1-3-5-7-9-11-13-15-17-18-21-25-28-32-36-40-44-48-52-58(63)64-53-49-45-41-37-33-29-26-23-20-19-22-24-27-31-35-39-43-47-51-57(62)59-55(54-60)56(61)50-46-42-38-34-30-16-14-12-10-8-6-4-2/h17-18,22,24,55-56,60-61H,3-16,19-21,23,25-54H2,1-2H3,(H,59,62)/b18-17-,24-22-. The third-order valence-electron chi connectivity index (χ3n) is 13.2. The minimum atomic E-state index is -0.671. The van der Waals surface area contributed by atoms with Crippen molar-refractivity contribution in [2.45, 2.75) is 321 Å². The second-order valence-electron chi connectivity index (χ2n) is 19.6. The van der Waals surface area contributed by atoms with Gasteiger partial charge in [0.1, 0.15) is 0 Å². The molecule has 0 spiro atoms. The lowest BCUT2D eigenvalue weighted by Gasteiger charge is -2.22. The Morgan fingerprint density at radius 1 is 0.422 bits per heavy atom. The van der Waals surface area contributed by atoms with E-state index in [2.05, 4.69) is 43.5 Å². The van der Waals surface area contributed by atoms with E-state index in [4.69, 9.17) is 4.74 Å². The smallest absolute Gasteiger partial charge is 0.305 e. The number of ether oxygens (including phenoxy) is 1. The monoisotopic (exact) mass is 902 g/mol. The fourth-order valence-corrected chi connectivity index (χ4v) is 8.81. The molecule has 0 saturated carbocycles. The zero-order chi connectivity index (χ0) is 46.5. The highest BCUT2D eigenvalue weighted by atomic mass is 16.5. The van der Waals surface area contributed by atoms with Gasteiger partial charge in [-0.1, -0.05) is 244 Å². The molecule has 0 aromatic rings. The maximum atomic E-state index is 12.4. The predicted molar refractivity (Wildman–Crippen MR) is 278 cm³/mol. The number of carbonyl (C=O) groups excluding carboxylic acids is 2. The van der Waals surface area contributed by atoms with Crippen LogP contribution in [0.15, 0.2) is 24.3 Å². The van der Waals surface area contributed by atoms with E-state index in [1.807, 2.05) is 0 Å². The minimum absolute atomic E-state index is 0.000311. The zero-order valence-electron chi connectivity index (χ0n) is 43.0. The first-order valence-electron chi connectivity index (χ1n) is 28.6. The number of hydrogen-bond acceptors (Lipinski definition) is 5. The lowest BCUT2D eigenvalue weighted by Crippen LogP contribution is -2.45. The van der Waals surface area contributed by atoms with Crippen LogP contribution in [0.4, 0.5) is 0 Å². The zero-order valence-corrected chi connectivity index (χ0v) is 43.0. The van der Waals surface area contributed by atoms with Gasteiger partial charge < -0.3 is 20.3 Å². The van der Waals surface area contributed by atoms with E-state index in [-0.39, 0.29) is 18.5 Å². The Kier molecular flexibility index (Phi) is 52.6. The van der Waals surface area contributed by atoms with Crippen molar-refractivity contribution in [2.75, 3.05) is 13.2 Å². The molecule has 1 amide bonds. The van der Waals surface area contributed by atoms with E-state index in [0.29, 0.717) is 25.9 Å². The van der Waals surface area contributed by atoms with Crippen molar-refractivity contribution in [1.82, 2.24) is 5.32 Å². The topological polar surface area (TPSA) is 95.9 Å². The number of allylic oxidation sites excluding steroid dienone is 4. The van der Waals surface area contributed by atoms with Crippen LogP contribution in [0.2, 0.25) is 0 Å². The summed E-state index contributed by atoms with van der Waals surface area (Å²) in [7, 11) is 0. The summed E-state index contributed by atoms with van der Waals surface area (Å²) in [6.45, 7) is 4.93. The number of aliphatic hydroxyl groups is 2. The molecule has 0 fully saturated rings. The molecule has 0 aliphatic heterocycles. The van der Waals surface area contributed by atoms with E-state index in [0.717, 1.165) is 57.8 Å². The molecule has 0 aromatic heterocycles. The highest BCUT2D eigenvalue weighted by molar-refractivity contribution is 5.76. The number of hydrogen-bond donors (Lipinski definition) is 3. The van der Waals surface area contributed by atoms with Gasteiger partial charge in [0.25, 0.3) is 0 Å². The number of amides is 1. The third-order valence-corrected chi connectivity index (χ3v) is 13.2. The average Bonchev–Trinajstić information content (AvgIpc) is 3.29. The summed E-state index contributed by atoms with van der Waals surface area (Å²) in [6, 6.07) is -0.550. The Bertz CT molecular complexity index is 997. The molecule has 0 saturated heterocycles. The van der Waals surface area contributed by atoms with Crippen molar-refractivity contribution in [2.24, 2.45) is 0 Å². The highest BCUT2D eigenvalue weighted by Crippen LogP contribution is 2.16. The van der Waals surface area contributed by atoms with Gasteiger partial charge in [-0.25, -0.2) is 0 Å². The molecule has 3 N–H and O–H groups in total. The summed E-state index contributed by atoms with van der Waals surface area (Å²) < 4.78 is 5.48. The first-order chi connectivity index (χ1) is 31.5. The van der Waals surface area contributed by atoms with Crippen LogP contribution in [0.5, 0.6) is 0 Å². The number of rotatable bonds is 53. The van der Waals surface area contributed by atoms with Gasteiger partial charge in [-0.2, -0.15) is 0 Å². The van der Waals surface area contributed by atoms with Crippen LogP contribution in [0.1, 0.15) is 309 Å². The van der Waals surface area contributed by atoms with Crippen molar-refractivity contribution in [3.8, 4) is 0 Å². The number of esters is 1. The van der Waals surface area contributed by atoms with Gasteiger partial charge >= 0.3 is 5.97 Å². The molecule has 6 heteroatoms. The molecule has 6 nitrogen and oxygen atoms in total. The van der Waals surface area contributed by atoms with Crippen LogP contribution in [0.3, 0.4) is 0 Å². The largest absolute Gasteiger partial charge is 0.466 e. The van der Waals surface area contributed by atoms with Crippen molar-refractivity contribution in [3.05, 3.63) is 24.3 Å². The van der Waals surface area contributed by atoms with Crippen LogP contribution in [0.25, 0.3) is 0 Å². The van der Waals surface area contributed by atoms with Gasteiger partial charge in [0.2, 0.25) is 5.91 Å². The van der Waals surface area contributed by atoms with E-state index in [9.17, 15) is 19.8 Å². The van der Waals surface area contributed by atoms with Crippen molar-refractivity contribution >= 4 is 11.9 Å². The second kappa shape index (κ2) is 54.0. The van der Waals surface area contributed by atoms with E-state index >= 15 is 0 Å². The SMILES string of the molecule is CCCCCCCC/C=C\CCCCCCCCCC(=O)OCCCCCCCCCCC/C=C\CCCCCCCC(=O)NC(CO)C(O)CCCCCCCCCCCCCC. The molecule has 0 aromatic carbocycles. The summed E-state index contributed by atoms with van der Waals surface area (Å²) in [5.41, 5.74) is 0. The molecule has 2 atom stereocenters. The maximum Gasteiger partial charge on any atom is 0.305 e. The predicted octanol–water partition coefficient (Wildman–Crippen LogP) is 17.5. The van der Waals surface area contributed by atoms with Gasteiger partial charge in [-0.15, -0.1) is 0 Å². The Balaban J connectivity index is 3.43. The molecule has 0 heterocycles. The fourth-order valence-electron chi connectivity index (χ4n) is 8.81. The molecule has 0 aliphatic carbocycles. The fraction of sp³-hybridized carbons (Fsp3) is 0.897. The van der Waals surface area contributed by atoms with Crippen molar-refractivity contribution in [1.29, 1.82) is 0 Å². The number of carbonyl (C=O) groups is 2. The summed E-state index contributed by atoms with van der Waals surface area (Å²) in [5.74, 6) is -0.0498. The quantitative estimate of drug-likeness (QED) is 0.0321. The highest BCUT2D eigenvalue weighted by Gasteiger charge is 2.20. The molecular weight excluding hydrogens is 791 g/mol. The van der Waals surface area contributed by atoms with Gasteiger partial charge in [0.15, 0.2) is 0 Å². The van der Waals surface area contributed by atoms with Crippen molar-refractivity contribution < 1.29 is 24.5 Å². The summed E-state index contributed by atoms with van der Waals surface area (Å²) >= 11 is 0. The normalized spacial score (nSPS) is 12.8. The molecule has 64 heavy (non-hydrogen) atoms. The molecule has 0 aliphatic rings. The lowest BCUT2D eigenvalue weighted by atomic mass is 10.0. The second-order valence-corrected chi connectivity index (χ2v) is 19.6. The van der Waals surface area contributed by atoms with Gasteiger partial charge in [0.05, 0.1) is 25.4 Å². The molecule has 0 radical (unpaired) electrons. The van der Waals surface area contributed by atoms with E-state index < -0.39 is 12.1 Å². The number of nitrogens with one attached hydrogen (secondary N) is 1. The van der Waals surface area contributed by atoms with Crippen LogP contribution in [-0.4, -0.2) is 47.4 Å². The molecular formula is C58H111NO5. The first kappa shape index (κ1) is 62.3. The molecule has 0 rings (SSSR count). The molecule has 378 valence electrons. The Labute approximate surface area is 399 Å². The molecule has 0 bridgehead atoms. The van der Waals surface area contributed by atoms with Crippen LogP contribution < -0.4 is 5.32 Å². The molecule has 2 unspecified atom stereocenters. The maximum absolute atomic E-state index is 12.4. The Hall–Kier alpha value is -1.66. The van der Waals surface area contributed by atoms with Crippen LogP contribution in [-0.2, 0) is 14.3 Å². The third kappa shape index (κ3) is 49.8. The summed E-state index contributed by atoms with van der Waals surface area (Å²) in [4.78, 5) is 24.5. The van der Waals surface area contributed by atoms with Gasteiger partial charge in [-0.3, -0.25) is 9.59 Å². The van der Waals surface area contributed by atoms with Gasteiger partial charge in [-0.05, 0) is 77.0 Å². The van der Waals surface area contributed by atoms with Crippen LogP contribution >= 0.6 is 0 Å².